The predicted octanol–water partition coefficient (Wildman–Crippen LogP) is 3.85. The summed E-state index contributed by atoms with van der Waals surface area (Å²) in [5.74, 6) is 0. The van der Waals surface area contributed by atoms with Crippen LogP contribution in [-0.4, -0.2) is 34.9 Å². The van der Waals surface area contributed by atoms with E-state index in [4.69, 9.17) is 0 Å². The van der Waals surface area contributed by atoms with Crippen molar-refractivity contribution in [1.29, 1.82) is 0 Å². The lowest BCUT2D eigenvalue weighted by Gasteiger charge is -2.47. The SMILES string of the molecule is CCCC(C)(CC)CC(O)CNC1CC(C)(C)NC(C)(C)C1. The van der Waals surface area contributed by atoms with Gasteiger partial charge in [-0.3, -0.25) is 0 Å². The van der Waals surface area contributed by atoms with E-state index in [0.717, 1.165) is 32.2 Å². The molecule has 3 heteroatoms. The average molecular weight is 313 g/mol. The molecule has 2 atom stereocenters. The molecular formula is C19H40N2O. The molecule has 0 bridgehead atoms. The van der Waals surface area contributed by atoms with E-state index in [1.807, 2.05) is 0 Å². The van der Waals surface area contributed by atoms with Crippen molar-refractivity contribution in [1.82, 2.24) is 10.6 Å². The maximum absolute atomic E-state index is 10.5. The fourth-order valence-corrected chi connectivity index (χ4v) is 4.44. The molecule has 0 amide bonds. The van der Waals surface area contributed by atoms with Gasteiger partial charge in [0.25, 0.3) is 0 Å². The first-order valence-electron chi connectivity index (χ1n) is 9.22. The van der Waals surface area contributed by atoms with E-state index in [9.17, 15) is 5.11 Å². The van der Waals surface area contributed by atoms with Gasteiger partial charge in [0.15, 0.2) is 0 Å². The molecule has 1 saturated heterocycles. The second-order valence-electron chi connectivity index (χ2n) is 9.18. The summed E-state index contributed by atoms with van der Waals surface area (Å²) in [7, 11) is 0. The third-order valence-electron chi connectivity index (χ3n) is 5.27. The van der Waals surface area contributed by atoms with Crippen molar-refractivity contribution >= 4 is 0 Å². The highest BCUT2D eigenvalue weighted by Gasteiger charge is 2.37. The van der Waals surface area contributed by atoms with E-state index in [1.54, 1.807) is 0 Å². The number of aliphatic hydroxyl groups is 1. The zero-order valence-corrected chi connectivity index (χ0v) is 16.1. The van der Waals surface area contributed by atoms with Crippen LogP contribution in [0.1, 0.15) is 87.0 Å². The minimum atomic E-state index is -0.238. The molecule has 1 aliphatic rings. The van der Waals surface area contributed by atoms with Crippen LogP contribution in [0.3, 0.4) is 0 Å². The molecule has 0 aliphatic carbocycles. The van der Waals surface area contributed by atoms with Gasteiger partial charge >= 0.3 is 0 Å². The Kier molecular flexibility index (Phi) is 6.91. The number of hydrogen-bond acceptors (Lipinski definition) is 3. The molecular weight excluding hydrogens is 272 g/mol. The van der Waals surface area contributed by atoms with Crippen molar-refractivity contribution in [2.45, 2.75) is 110 Å². The number of piperidine rings is 1. The maximum Gasteiger partial charge on any atom is 0.0669 e. The predicted molar refractivity (Wildman–Crippen MR) is 96.2 cm³/mol. The van der Waals surface area contributed by atoms with Crippen LogP contribution in [0.4, 0.5) is 0 Å². The van der Waals surface area contributed by atoms with Crippen molar-refractivity contribution < 1.29 is 5.11 Å². The van der Waals surface area contributed by atoms with E-state index in [0.29, 0.717) is 6.04 Å². The third-order valence-corrected chi connectivity index (χ3v) is 5.27. The summed E-state index contributed by atoms with van der Waals surface area (Å²) in [4.78, 5) is 0. The van der Waals surface area contributed by atoms with Gasteiger partial charge in [0, 0.05) is 23.7 Å². The maximum atomic E-state index is 10.5. The van der Waals surface area contributed by atoms with Crippen molar-refractivity contribution in [3.8, 4) is 0 Å². The van der Waals surface area contributed by atoms with Gasteiger partial charge in [-0.1, -0.05) is 33.6 Å². The van der Waals surface area contributed by atoms with Crippen LogP contribution in [0.2, 0.25) is 0 Å². The Morgan fingerprint density at radius 3 is 2.18 bits per heavy atom. The van der Waals surface area contributed by atoms with Crippen LogP contribution in [0.15, 0.2) is 0 Å². The minimum absolute atomic E-state index is 0.157. The fourth-order valence-electron chi connectivity index (χ4n) is 4.44. The Hall–Kier alpha value is -0.120. The van der Waals surface area contributed by atoms with Gasteiger partial charge in [-0.15, -0.1) is 0 Å². The summed E-state index contributed by atoms with van der Waals surface area (Å²) in [5.41, 5.74) is 0.595. The molecule has 0 spiro atoms. The highest BCUT2D eigenvalue weighted by molar-refractivity contribution is 4.99. The van der Waals surface area contributed by atoms with Gasteiger partial charge in [-0.25, -0.2) is 0 Å². The Labute approximate surface area is 138 Å². The van der Waals surface area contributed by atoms with Crippen molar-refractivity contribution in [3.05, 3.63) is 0 Å². The van der Waals surface area contributed by atoms with Crippen molar-refractivity contribution in [2.75, 3.05) is 6.54 Å². The first-order chi connectivity index (χ1) is 10.0. The van der Waals surface area contributed by atoms with Crippen molar-refractivity contribution in [2.24, 2.45) is 5.41 Å². The van der Waals surface area contributed by atoms with E-state index in [-0.39, 0.29) is 22.6 Å². The number of nitrogens with one attached hydrogen (secondary N) is 2. The summed E-state index contributed by atoms with van der Waals surface area (Å²) in [6.07, 6.45) is 6.44. The quantitative estimate of drug-likeness (QED) is 0.638. The molecule has 0 aromatic heterocycles. The van der Waals surface area contributed by atoms with Crippen LogP contribution in [0.5, 0.6) is 0 Å². The molecule has 0 saturated carbocycles. The lowest BCUT2D eigenvalue weighted by atomic mass is 9.77. The summed E-state index contributed by atoms with van der Waals surface area (Å²) >= 11 is 0. The topological polar surface area (TPSA) is 44.3 Å². The first-order valence-corrected chi connectivity index (χ1v) is 9.22. The summed E-state index contributed by atoms with van der Waals surface area (Å²) in [6.45, 7) is 16.6. The first kappa shape index (κ1) is 19.9. The number of aliphatic hydroxyl groups excluding tert-OH is 1. The van der Waals surface area contributed by atoms with E-state index >= 15 is 0 Å². The second-order valence-corrected chi connectivity index (χ2v) is 9.18. The van der Waals surface area contributed by atoms with Gasteiger partial charge in [0.05, 0.1) is 6.10 Å². The van der Waals surface area contributed by atoms with Crippen LogP contribution in [0.25, 0.3) is 0 Å². The van der Waals surface area contributed by atoms with E-state index < -0.39 is 0 Å². The second kappa shape index (κ2) is 7.63. The Bertz CT molecular complexity index is 324. The molecule has 0 aromatic carbocycles. The molecule has 132 valence electrons. The zero-order valence-electron chi connectivity index (χ0n) is 16.1. The van der Waals surface area contributed by atoms with Crippen LogP contribution >= 0.6 is 0 Å². The van der Waals surface area contributed by atoms with Crippen LogP contribution in [0, 0.1) is 5.41 Å². The van der Waals surface area contributed by atoms with E-state index in [1.165, 1.54) is 12.8 Å². The fraction of sp³-hybridized carbons (Fsp3) is 1.00. The molecule has 22 heavy (non-hydrogen) atoms. The lowest BCUT2D eigenvalue weighted by molar-refractivity contribution is 0.0827. The summed E-state index contributed by atoms with van der Waals surface area (Å²) < 4.78 is 0. The number of hydrogen-bond donors (Lipinski definition) is 3. The van der Waals surface area contributed by atoms with Gasteiger partial charge in [-0.2, -0.15) is 0 Å². The lowest BCUT2D eigenvalue weighted by Crippen LogP contribution is -2.62. The number of rotatable bonds is 8. The third kappa shape index (κ3) is 6.55. The minimum Gasteiger partial charge on any atom is -0.392 e. The van der Waals surface area contributed by atoms with E-state index in [2.05, 4.69) is 59.1 Å². The van der Waals surface area contributed by atoms with Crippen LogP contribution in [-0.2, 0) is 0 Å². The summed E-state index contributed by atoms with van der Waals surface area (Å²) in [6, 6.07) is 0.486. The molecule has 3 N–H and O–H groups in total. The van der Waals surface area contributed by atoms with Gasteiger partial charge in [-0.05, 0) is 58.8 Å². The molecule has 0 radical (unpaired) electrons. The van der Waals surface area contributed by atoms with Crippen LogP contribution < -0.4 is 10.6 Å². The molecule has 1 heterocycles. The molecule has 1 rings (SSSR count). The zero-order chi connectivity index (χ0) is 17.0. The smallest absolute Gasteiger partial charge is 0.0669 e. The Morgan fingerprint density at radius 1 is 1.18 bits per heavy atom. The monoisotopic (exact) mass is 312 g/mol. The van der Waals surface area contributed by atoms with Gasteiger partial charge in [0.2, 0.25) is 0 Å². The van der Waals surface area contributed by atoms with Gasteiger partial charge < -0.3 is 15.7 Å². The Morgan fingerprint density at radius 2 is 1.73 bits per heavy atom. The molecule has 3 nitrogen and oxygen atoms in total. The normalized spacial score (nSPS) is 25.6. The summed E-state index contributed by atoms with van der Waals surface area (Å²) in [5, 5.41) is 17.8. The van der Waals surface area contributed by atoms with Gasteiger partial charge in [0.1, 0.15) is 0 Å². The highest BCUT2D eigenvalue weighted by Crippen LogP contribution is 2.33. The molecule has 1 fully saturated rings. The largest absolute Gasteiger partial charge is 0.392 e. The molecule has 1 aliphatic heterocycles. The molecule has 0 aromatic rings. The average Bonchev–Trinajstić information content (AvgIpc) is 2.33. The highest BCUT2D eigenvalue weighted by atomic mass is 16.3. The standard InChI is InChI=1S/C19H40N2O/c1-8-10-19(7,9-2)13-16(22)14-20-15-11-17(3,4)21-18(5,6)12-15/h15-16,20-22H,8-14H2,1-7H3. The van der Waals surface area contributed by atoms with Crippen molar-refractivity contribution in [3.63, 3.8) is 0 Å². The molecule has 2 unspecified atom stereocenters. The Balaban J connectivity index is 2.48.